The molecule has 1 saturated heterocycles. The maximum Gasteiger partial charge on any atom is 0.248 e. The van der Waals surface area contributed by atoms with E-state index >= 15 is 0 Å². The summed E-state index contributed by atoms with van der Waals surface area (Å²) >= 11 is 3.42. The number of halogens is 1. The molecular weight excluding hydrogens is 492 g/mol. The Balaban J connectivity index is 1.40. The van der Waals surface area contributed by atoms with Gasteiger partial charge in [0, 0.05) is 35.2 Å². The number of anilines is 3. The first-order chi connectivity index (χ1) is 16.4. The van der Waals surface area contributed by atoms with Gasteiger partial charge in [0.05, 0.1) is 17.3 Å². The second-order valence-corrected chi connectivity index (χ2v) is 9.42. The fraction of sp³-hybridized carbons (Fsp3) is 0.185. The lowest BCUT2D eigenvalue weighted by atomic mass is 9.88. The van der Waals surface area contributed by atoms with Crippen molar-refractivity contribution in [3.8, 4) is 0 Å². The van der Waals surface area contributed by atoms with E-state index in [0.717, 1.165) is 27.8 Å². The molecule has 174 valence electrons. The highest BCUT2D eigenvalue weighted by molar-refractivity contribution is 9.10. The minimum absolute atomic E-state index is 0.0255. The van der Waals surface area contributed by atoms with Crippen LogP contribution in [-0.2, 0) is 9.59 Å². The number of amides is 2. The van der Waals surface area contributed by atoms with Gasteiger partial charge in [0.15, 0.2) is 0 Å². The first-order valence-corrected chi connectivity index (χ1v) is 11.9. The Bertz CT molecular complexity index is 1190. The molecule has 0 aliphatic carbocycles. The van der Waals surface area contributed by atoms with Crippen LogP contribution in [-0.4, -0.2) is 36.9 Å². The number of nitrogens with two attached hydrogens (primary N) is 1. The van der Waals surface area contributed by atoms with Crippen LogP contribution in [0.3, 0.4) is 0 Å². The molecule has 1 aliphatic heterocycles. The maximum atomic E-state index is 13.0. The summed E-state index contributed by atoms with van der Waals surface area (Å²) in [6.45, 7) is 1.52. The molecule has 0 bridgehead atoms. The van der Waals surface area contributed by atoms with E-state index in [4.69, 9.17) is 5.73 Å². The van der Waals surface area contributed by atoms with E-state index in [2.05, 4.69) is 31.5 Å². The van der Waals surface area contributed by atoms with Gasteiger partial charge in [-0.05, 0) is 60.6 Å². The van der Waals surface area contributed by atoms with Gasteiger partial charge in [-0.25, -0.2) is 0 Å². The first-order valence-electron chi connectivity index (χ1n) is 11.1. The van der Waals surface area contributed by atoms with Crippen LogP contribution >= 0.6 is 15.9 Å². The third kappa shape index (κ3) is 5.92. The summed E-state index contributed by atoms with van der Waals surface area (Å²) in [7, 11) is 2.04. The number of likely N-dealkylation sites (tertiary alicyclic amines) is 1. The van der Waals surface area contributed by atoms with E-state index in [1.807, 2.05) is 67.7 Å². The highest BCUT2D eigenvalue weighted by Gasteiger charge is 2.36. The van der Waals surface area contributed by atoms with Crippen molar-refractivity contribution in [2.24, 2.45) is 5.92 Å². The van der Waals surface area contributed by atoms with Crippen LogP contribution < -0.4 is 16.4 Å². The third-order valence-electron chi connectivity index (χ3n) is 5.96. The van der Waals surface area contributed by atoms with Gasteiger partial charge < -0.3 is 21.3 Å². The Morgan fingerprint density at radius 2 is 1.68 bits per heavy atom. The van der Waals surface area contributed by atoms with Crippen molar-refractivity contribution in [1.29, 1.82) is 0 Å². The molecule has 4 rings (SSSR count). The van der Waals surface area contributed by atoms with Gasteiger partial charge in [-0.15, -0.1) is 0 Å². The fourth-order valence-corrected chi connectivity index (χ4v) is 4.45. The predicted octanol–water partition coefficient (Wildman–Crippen LogP) is 4.97. The summed E-state index contributed by atoms with van der Waals surface area (Å²) in [6.07, 6.45) is 3.25. The molecule has 1 heterocycles. The van der Waals surface area contributed by atoms with Crippen LogP contribution in [0.5, 0.6) is 0 Å². The number of nitrogen functional groups attached to an aromatic ring is 1. The Morgan fingerprint density at radius 3 is 2.38 bits per heavy atom. The Morgan fingerprint density at radius 1 is 0.971 bits per heavy atom. The smallest absolute Gasteiger partial charge is 0.248 e. The van der Waals surface area contributed by atoms with Crippen LogP contribution in [0, 0.1) is 5.92 Å². The summed E-state index contributed by atoms with van der Waals surface area (Å²) in [5.41, 5.74) is 9.79. The second-order valence-electron chi connectivity index (χ2n) is 8.51. The minimum atomic E-state index is -0.246. The molecule has 6 nitrogen and oxygen atoms in total. The number of para-hydroxylation sites is 2. The largest absolute Gasteiger partial charge is 0.397 e. The lowest BCUT2D eigenvalue weighted by Gasteiger charge is -2.19. The highest BCUT2D eigenvalue weighted by Crippen LogP contribution is 2.33. The summed E-state index contributed by atoms with van der Waals surface area (Å²) in [6, 6.07) is 22.8. The van der Waals surface area contributed by atoms with Crippen molar-refractivity contribution >= 4 is 50.9 Å². The van der Waals surface area contributed by atoms with E-state index in [-0.39, 0.29) is 23.7 Å². The molecule has 0 saturated carbocycles. The molecule has 7 heteroatoms. The number of rotatable bonds is 6. The monoisotopic (exact) mass is 518 g/mol. The number of carbonyl (C=O) groups excluding carboxylic acids is 2. The van der Waals surface area contributed by atoms with Crippen LogP contribution in [0.15, 0.2) is 83.3 Å². The van der Waals surface area contributed by atoms with E-state index < -0.39 is 0 Å². The van der Waals surface area contributed by atoms with Crippen LogP contribution in [0.1, 0.15) is 17.0 Å². The average Bonchev–Trinajstić information content (AvgIpc) is 3.23. The number of carbonyl (C=O) groups is 2. The zero-order chi connectivity index (χ0) is 24.1. The third-order valence-corrected chi connectivity index (χ3v) is 6.49. The van der Waals surface area contributed by atoms with E-state index in [1.54, 1.807) is 18.2 Å². The normalized spacial score (nSPS) is 18.2. The molecule has 1 aliphatic rings. The summed E-state index contributed by atoms with van der Waals surface area (Å²) in [5.74, 6) is -0.262. The molecule has 0 aromatic heterocycles. The lowest BCUT2D eigenvalue weighted by molar-refractivity contribution is -0.119. The number of hydrogen-bond acceptors (Lipinski definition) is 4. The molecule has 4 N–H and O–H groups in total. The minimum Gasteiger partial charge on any atom is -0.397 e. The van der Waals surface area contributed by atoms with Crippen molar-refractivity contribution in [3.63, 3.8) is 0 Å². The van der Waals surface area contributed by atoms with Gasteiger partial charge in [-0.3, -0.25) is 9.59 Å². The molecule has 1 fully saturated rings. The Hall–Kier alpha value is -3.42. The molecule has 0 spiro atoms. The number of nitrogens with one attached hydrogen (secondary N) is 2. The van der Waals surface area contributed by atoms with Crippen molar-refractivity contribution in [3.05, 3.63) is 94.5 Å². The van der Waals surface area contributed by atoms with Gasteiger partial charge in [0.25, 0.3) is 0 Å². The molecule has 0 radical (unpaired) electrons. The standard InChI is InChI=1S/C27H27BrN4O2/c1-32-16-22(23(17-32)27(34)30-21-13-11-20(28)12-14-21)19-9-6-18(7-10-19)8-15-26(33)31-25-5-3-2-4-24(25)29/h2-15,22-23H,16-17,29H2,1H3,(H,30,34)(H,31,33). The summed E-state index contributed by atoms with van der Waals surface area (Å²) < 4.78 is 0.972. The maximum absolute atomic E-state index is 13.0. The van der Waals surface area contributed by atoms with E-state index in [1.165, 1.54) is 6.08 Å². The SMILES string of the molecule is CN1CC(C(=O)Nc2ccc(Br)cc2)C(c2ccc(C=CC(=O)Nc3ccccc3N)cc2)C1. The Labute approximate surface area is 208 Å². The van der Waals surface area contributed by atoms with Crippen molar-refractivity contribution in [2.45, 2.75) is 5.92 Å². The van der Waals surface area contributed by atoms with Gasteiger partial charge in [-0.2, -0.15) is 0 Å². The van der Waals surface area contributed by atoms with Crippen molar-refractivity contribution < 1.29 is 9.59 Å². The zero-order valence-corrected chi connectivity index (χ0v) is 20.5. The molecular formula is C27H27BrN4O2. The van der Waals surface area contributed by atoms with Crippen LogP contribution in [0.2, 0.25) is 0 Å². The van der Waals surface area contributed by atoms with Gasteiger partial charge in [0.2, 0.25) is 11.8 Å². The highest BCUT2D eigenvalue weighted by atomic mass is 79.9. The zero-order valence-electron chi connectivity index (χ0n) is 18.9. The van der Waals surface area contributed by atoms with Gasteiger partial charge >= 0.3 is 0 Å². The molecule has 2 unspecified atom stereocenters. The second kappa shape index (κ2) is 10.7. The van der Waals surface area contributed by atoms with Crippen molar-refractivity contribution in [1.82, 2.24) is 4.90 Å². The summed E-state index contributed by atoms with van der Waals surface area (Å²) in [5, 5.41) is 5.83. The molecule has 3 aromatic carbocycles. The van der Waals surface area contributed by atoms with E-state index in [0.29, 0.717) is 17.9 Å². The van der Waals surface area contributed by atoms with Crippen LogP contribution in [0.25, 0.3) is 6.08 Å². The number of likely N-dealkylation sites (N-methyl/N-ethyl adjacent to an activating group) is 1. The molecule has 3 aromatic rings. The molecule has 2 atom stereocenters. The van der Waals surface area contributed by atoms with Crippen LogP contribution in [0.4, 0.5) is 17.1 Å². The van der Waals surface area contributed by atoms with E-state index in [9.17, 15) is 9.59 Å². The quantitative estimate of drug-likeness (QED) is 0.317. The predicted molar refractivity (Wildman–Crippen MR) is 141 cm³/mol. The Kier molecular flexibility index (Phi) is 7.45. The number of hydrogen-bond donors (Lipinski definition) is 3. The van der Waals surface area contributed by atoms with Crippen molar-refractivity contribution in [2.75, 3.05) is 36.5 Å². The lowest BCUT2D eigenvalue weighted by Crippen LogP contribution is -2.28. The fourth-order valence-electron chi connectivity index (χ4n) is 4.18. The molecule has 34 heavy (non-hydrogen) atoms. The number of nitrogens with zero attached hydrogens (tertiary/aromatic N) is 1. The molecule has 2 amide bonds. The summed E-state index contributed by atoms with van der Waals surface area (Å²) in [4.78, 5) is 27.4. The first kappa shape index (κ1) is 23.7. The van der Waals surface area contributed by atoms with Gasteiger partial charge in [-0.1, -0.05) is 52.3 Å². The number of benzene rings is 3. The average molecular weight is 519 g/mol. The topological polar surface area (TPSA) is 87.5 Å². The van der Waals surface area contributed by atoms with Gasteiger partial charge in [0.1, 0.15) is 0 Å².